The molecule has 35 heavy (non-hydrogen) atoms. The Morgan fingerprint density at radius 1 is 1.06 bits per heavy atom. The van der Waals surface area contributed by atoms with E-state index in [1.807, 2.05) is 4.90 Å². The molecule has 3 rings (SSSR count). The average Bonchev–Trinajstić information content (AvgIpc) is 3.10. The van der Waals surface area contributed by atoms with Crippen LogP contribution in [0.2, 0.25) is 5.02 Å². The Morgan fingerprint density at radius 3 is 2.09 bits per heavy atom. The molecule has 0 saturated carbocycles. The van der Waals surface area contributed by atoms with Crippen LogP contribution in [-0.2, 0) is 17.3 Å². The first kappa shape index (κ1) is 26.5. The van der Waals surface area contributed by atoms with E-state index in [1.54, 1.807) is 24.3 Å². The van der Waals surface area contributed by atoms with Gasteiger partial charge in [0.2, 0.25) is 11.6 Å². The zero-order valence-electron chi connectivity index (χ0n) is 17.8. The SMILES string of the molecule is Cc1c([N+](=O)[O-])c(C(F)(F)C(F)(F)C(F)(F)F)nn1CC(=O)N1CCN(c2ccc(Cl)cc2)CC1. The van der Waals surface area contributed by atoms with Crippen LogP contribution in [0.5, 0.6) is 0 Å². The van der Waals surface area contributed by atoms with E-state index >= 15 is 0 Å². The Balaban J connectivity index is 1.80. The Morgan fingerprint density at radius 2 is 1.60 bits per heavy atom. The van der Waals surface area contributed by atoms with Crippen molar-refractivity contribution >= 4 is 28.9 Å². The van der Waals surface area contributed by atoms with Crippen LogP contribution in [0.4, 0.5) is 42.1 Å². The number of amides is 1. The monoisotopic (exact) mass is 531 g/mol. The number of alkyl halides is 7. The molecule has 1 aromatic carbocycles. The van der Waals surface area contributed by atoms with E-state index in [4.69, 9.17) is 11.6 Å². The Bertz CT molecular complexity index is 1110. The molecule has 0 N–H and O–H groups in total. The molecule has 0 atom stereocenters. The van der Waals surface area contributed by atoms with Crippen molar-refractivity contribution in [1.82, 2.24) is 14.7 Å². The number of anilines is 1. The Kier molecular flexibility index (Phi) is 6.94. The second-order valence-corrected chi connectivity index (χ2v) is 8.12. The molecule has 1 aliphatic rings. The van der Waals surface area contributed by atoms with Gasteiger partial charge in [-0.3, -0.25) is 19.6 Å². The third-order valence-corrected chi connectivity index (χ3v) is 5.77. The van der Waals surface area contributed by atoms with Crippen molar-refractivity contribution in [3.05, 3.63) is 50.8 Å². The molecule has 1 fully saturated rings. The molecule has 8 nitrogen and oxygen atoms in total. The number of halogens is 8. The maximum absolute atomic E-state index is 14.2. The Hall–Kier alpha value is -3.10. The van der Waals surface area contributed by atoms with Gasteiger partial charge in [-0.1, -0.05) is 11.6 Å². The summed E-state index contributed by atoms with van der Waals surface area (Å²) < 4.78 is 93.5. The van der Waals surface area contributed by atoms with Crippen molar-refractivity contribution in [1.29, 1.82) is 0 Å². The maximum atomic E-state index is 14.2. The summed E-state index contributed by atoms with van der Waals surface area (Å²) in [6.07, 6.45) is -6.71. The number of nitrogens with zero attached hydrogens (tertiary/aromatic N) is 5. The second-order valence-electron chi connectivity index (χ2n) is 7.69. The fourth-order valence-electron chi connectivity index (χ4n) is 3.54. The van der Waals surface area contributed by atoms with E-state index in [0.717, 1.165) is 12.6 Å². The van der Waals surface area contributed by atoms with Gasteiger partial charge in [0.1, 0.15) is 12.2 Å². The highest BCUT2D eigenvalue weighted by atomic mass is 35.5. The van der Waals surface area contributed by atoms with Gasteiger partial charge in [0.25, 0.3) is 0 Å². The normalized spacial score (nSPS) is 15.5. The highest BCUT2D eigenvalue weighted by Crippen LogP contribution is 2.53. The molecule has 0 bridgehead atoms. The van der Waals surface area contributed by atoms with Crippen LogP contribution in [-0.4, -0.2) is 63.8 Å². The summed E-state index contributed by atoms with van der Waals surface area (Å²) in [5.41, 5.74) is -4.03. The standard InChI is InChI=1S/C19H17ClF7N5O3/c1-11-15(32(34)35)16(17(21,22)18(23,24)19(25,26)27)28-31(11)10-14(33)30-8-6-29(7-9-30)13-4-2-12(20)3-5-13/h2-5H,6-10H2,1H3. The lowest BCUT2D eigenvalue weighted by Crippen LogP contribution is -2.50. The Labute approximate surface area is 198 Å². The number of hydrogen-bond donors (Lipinski definition) is 0. The third-order valence-electron chi connectivity index (χ3n) is 5.51. The molecule has 192 valence electrons. The van der Waals surface area contributed by atoms with Crippen molar-refractivity contribution in [2.75, 3.05) is 31.1 Å². The summed E-state index contributed by atoms with van der Waals surface area (Å²) >= 11 is 5.85. The van der Waals surface area contributed by atoms with Crippen LogP contribution in [0, 0.1) is 17.0 Å². The minimum atomic E-state index is -6.71. The van der Waals surface area contributed by atoms with Gasteiger partial charge >= 0.3 is 23.7 Å². The van der Waals surface area contributed by atoms with Gasteiger partial charge in [0, 0.05) is 36.9 Å². The van der Waals surface area contributed by atoms with Crippen molar-refractivity contribution in [2.24, 2.45) is 0 Å². The summed E-state index contributed by atoms with van der Waals surface area (Å²) in [5.74, 6) is -13.4. The maximum Gasteiger partial charge on any atom is 0.460 e. The third kappa shape index (κ3) is 4.86. The van der Waals surface area contributed by atoms with E-state index in [0.29, 0.717) is 22.8 Å². The second kappa shape index (κ2) is 9.17. The molecule has 1 aliphatic heterocycles. The van der Waals surface area contributed by atoms with Gasteiger partial charge in [-0.25, -0.2) is 0 Å². The van der Waals surface area contributed by atoms with Gasteiger partial charge in [-0.05, 0) is 31.2 Å². The predicted octanol–water partition coefficient (Wildman–Crippen LogP) is 4.39. The lowest BCUT2D eigenvalue weighted by Gasteiger charge is -2.36. The van der Waals surface area contributed by atoms with Gasteiger partial charge in [-0.2, -0.15) is 35.8 Å². The molecule has 0 aliphatic carbocycles. The van der Waals surface area contributed by atoms with Crippen LogP contribution in [0.1, 0.15) is 11.4 Å². The van der Waals surface area contributed by atoms with Crippen LogP contribution < -0.4 is 4.90 Å². The first-order valence-electron chi connectivity index (χ1n) is 9.91. The summed E-state index contributed by atoms with van der Waals surface area (Å²) in [6, 6.07) is 6.89. The van der Waals surface area contributed by atoms with E-state index in [1.165, 1.54) is 4.90 Å². The quantitative estimate of drug-likeness (QED) is 0.314. The summed E-state index contributed by atoms with van der Waals surface area (Å²) in [4.78, 5) is 25.6. The van der Waals surface area contributed by atoms with Gasteiger partial charge < -0.3 is 9.80 Å². The highest BCUT2D eigenvalue weighted by molar-refractivity contribution is 6.30. The topological polar surface area (TPSA) is 84.5 Å². The van der Waals surface area contributed by atoms with Crippen molar-refractivity contribution in [2.45, 2.75) is 31.5 Å². The van der Waals surface area contributed by atoms with Crippen LogP contribution >= 0.6 is 11.6 Å². The van der Waals surface area contributed by atoms with Crippen LogP contribution in [0.15, 0.2) is 24.3 Å². The largest absolute Gasteiger partial charge is 0.460 e. The number of hydrogen-bond acceptors (Lipinski definition) is 5. The fourth-order valence-corrected chi connectivity index (χ4v) is 3.67. The van der Waals surface area contributed by atoms with Gasteiger partial charge in [0.15, 0.2) is 0 Å². The molecule has 0 spiro atoms. The molecule has 1 saturated heterocycles. The molecular weight excluding hydrogens is 515 g/mol. The van der Waals surface area contributed by atoms with Gasteiger partial charge in [0.05, 0.1) is 4.92 Å². The number of carbonyl (C=O) groups excluding carboxylic acids is 1. The number of aromatic nitrogens is 2. The first-order chi connectivity index (χ1) is 16.1. The van der Waals surface area contributed by atoms with Crippen LogP contribution in [0.3, 0.4) is 0 Å². The highest BCUT2D eigenvalue weighted by Gasteiger charge is 2.76. The molecular formula is C19H17ClF7N5O3. The fraction of sp³-hybridized carbons (Fsp3) is 0.474. The van der Waals surface area contributed by atoms with E-state index in [-0.39, 0.29) is 13.1 Å². The summed E-state index contributed by atoms with van der Waals surface area (Å²) in [6.45, 7) is 1.01. The number of carbonyl (C=O) groups is 1. The minimum Gasteiger partial charge on any atom is -0.368 e. The first-order valence-corrected chi connectivity index (χ1v) is 10.3. The summed E-state index contributed by atoms with van der Waals surface area (Å²) in [7, 11) is 0. The zero-order chi connectivity index (χ0) is 26.3. The minimum absolute atomic E-state index is 0.166. The predicted molar refractivity (Wildman–Crippen MR) is 109 cm³/mol. The van der Waals surface area contributed by atoms with Crippen LogP contribution in [0.25, 0.3) is 0 Å². The van der Waals surface area contributed by atoms with Crippen molar-refractivity contribution in [3.8, 4) is 0 Å². The zero-order valence-corrected chi connectivity index (χ0v) is 18.6. The molecule has 1 amide bonds. The van der Waals surface area contributed by atoms with Crippen molar-refractivity contribution < 1.29 is 40.5 Å². The number of piperazine rings is 1. The lowest BCUT2D eigenvalue weighted by molar-refractivity contribution is -0.394. The molecule has 2 heterocycles. The summed E-state index contributed by atoms with van der Waals surface area (Å²) in [5, 5.41) is 14.7. The average molecular weight is 532 g/mol. The lowest BCUT2D eigenvalue weighted by atomic mass is 10.1. The molecule has 1 aromatic heterocycles. The molecule has 2 aromatic rings. The molecule has 16 heteroatoms. The number of benzene rings is 1. The molecule has 0 radical (unpaired) electrons. The van der Waals surface area contributed by atoms with Crippen molar-refractivity contribution in [3.63, 3.8) is 0 Å². The van der Waals surface area contributed by atoms with E-state index in [9.17, 15) is 45.6 Å². The van der Waals surface area contributed by atoms with E-state index in [2.05, 4.69) is 5.10 Å². The van der Waals surface area contributed by atoms with Gasteiger partial charge in [-0.15, -0.1) is 0 Å². The smallest absolute Gasteiger partial charge is 0.368 e. The number of nitro groups is 1. The number of rotatable bonds is 6. The molecule has 0 unspecified atom stereocenters. The van der Waals surface area contributed by atoms with E-state index < -0.39 is 52.5 Å².